The molecule has 0 aromatic heterocycles. The van der Waals surface area contributed by atoms with Crippen LogP contribution in [0.2, 0.25) is 0 Å². The van der Waals surface area contributed by atoms with E-state index in [1.807, 2.05) is 20.8 Å². The first-order valence-electron chi connectivity index (χ1n) is 8.14. The predicted octanol–water partition coefficient (Wildman–Crippen LogP) is 3.58. The number of hydrogen-bond acceptors (Lipinski definition) is 3. The van der Waals surface area contributed by atoms with E-state index in [2.05, 4.69) is 12.2 Å². The Labute approximate surface area is 129 Å². The van der Waals surface area contributed by atoms with Gasteiger partial charge in [0.25, 0.3) is 0 Å². The van der Waals surface area contributed by atoms with Crippen molar-refractivity contribution in [1.29, 1.82) is 0 Å². The van der Waals surface area contributed by atoms with Crippen LogP contribution in [0, 0.1) is 5.41 Å². The highest BCUT2D eigenvalue weighted by molar-refractivity contribution is 5.73. The summed E-state index contributed by atoms with van der Waals surface area (Å²) in [6.07, 6.45) is 7.00. The fraction of sp³-hybridized carbons (Fsp3) is 0.882. The molecule has 4 heteroatoms. The largest absolute Gasteiger partial charge is 0.460 e. The number of esters is 1. The number of carbonyl (C=O) groups excluding carboxylic acids is 2. The first kappa shape index (κ1) is 18.0. The van der Waals surface area contributed by atoms with Crippen LogP contribution >= 0.6 is 0 Å². The Hall–Kier alpha value is -1.06. The Morgan fingerprint density at radius 3 is 2.24 bits per heavy atom. The van der Waals surface area contributed by atoms with Gasteiger partial charge in [0.15, 0.2) is 0 Å². The molecule has 1 atom stereocenters. The van der Waals surface area contributed by atoms with Crippen molar-refractivity contribution in [2.75, 3.05) is 0 Å². The van der Waals surface area contributed by atoms with Gasteiger partial charge in [-0.1, -0.05) is 19.3 Å². The minimum Gasteiger partial charge on any atom is -0.460 e. The number of carbonyl (C=O) groups is 2. The second-order valence-electron chi connectivity index (χ2n) is 7.43. The van der Waals surface area contributed by atoms with Crippen molar-refractivity contribution in [1.82, 2.24) is 5.32 Å². The van der Waals surface area contributed by atoms with Crippen LogP contribution in [0.15, 0.2) is 0 Å². The highest BCUT2D eigenvalue weighted by atomic mass is 16.6. The molecule has 21 heavy (non-hydrogen) atoms. The molecule has 0 radical (unpaired) electrons. The van der Waals surface area contributed by atoms with Crippen LogP contribution in [-0.2, 0) is 14.3 Å². The van der Waals surface area contributed by atoms with Crippen LogP contribution in [0.1, 0.15) is 79.6 Å². The van der Waals surface area contributed by atoms with Gasteiger partial charge in [0.2, 0.25) is 5.91 Å². The molecule has 0 aromatic rings. The molecule has 0 saturated heterocycles. The first-order chi connectivity index (χ1) is 9.65. The molecule has 122 valence electrons. The van der Waals surface area contributed by atoms with Crippen molar-refractivity contribution >= 4 is 11.9 Å². The maximum atomic E-state index is 12.0. The van der Waals surface area contributed by atoms with Crippen LogP contribution in [0.25, 0.3) is 0 Å². The number of rotatable bonds is 5. The van der Waals surface area contributed by atoms with E-state index in [1.54, 1.807) is 6.92 Å². The van der Waals surface area contributed by atoms with Gasteiger partial charge < -0.3 is 10.1 Å². The molecule has 0 aliphatic heterocycles. The van der Waals surface area contributed by atoms with Crippen LogP contribution in [0.4, 0.5) is 0 Å². The van der Waals surface area contributed by atoms with Crippen molar-refractivity contribution in [3.63, 3.8) is 0 Å². The molecular weight excluding hydrogens is 266 g/mol. The molecule has 4 nitrogen and oxygen atoms in total. The molecule has 0 aromatic carbocycles. The molecule has 0 unspecified atom stereocenters. The molecule has 1 rings (SSSR count). The fourth-order valence-corrected chi connectivity index (χ4v) is 3.36. The normalized spacial score (nSPS) is 19.7. The van der Waals surface area contributed by atoms with E-state index in [0.29, 0.717) is 6.42 Å². The zero-order valence-corrected chi connectivity index (χ0v) is 14.3. The summed E-state index contributed by atoms with van der Waals surface area (Å²) in [6.45, 7) is 9.30. The minimum atomic E-state index is -0.430. The molecular formula is C17H31NO3. The maximum absolute atomic E-state index is 12.0. The third kappa shape index (κ3) is 6.06. The van der Waals surface area contributed by atoms with Crippen molar-refractivity contribution in [2.24, 2.45) is 5.41 Å². The highest BCUT2D eigenvalue weighted by Gasteiger charge is 2.38. The monoisotopic (exact) mass is 297 g/mol. The number of nitrogens with one attached hydrogen (secondary N) is 1. The first-order valence-corrected chi connectivity index (χ1v) is 8.14. The molecule has 0 bridgehead atoms. The number of ether oxygens (including phenoxy) is 1. The van der Waals surface area contributed by atoms with Gasteiger partial charge in [-0.15, -0.1) is 0 Å². The van der Waals surface area contributed by atoms with Crippen LogP contribution in [-0.4, -0.2) is 23.5 Å². The summed E-state index contributed by atoms with van der Waals surface area (Å²) >= 11 is 0. The second kappa shape index (κ2) is 7.28. The smallest absolute Gasteiger partial charge is 0.306 e. The Morgan fingerprint density at radius 1 is 1.19 bits per heavy atom. The Bertz CT molecular complexity index is 365. The summed E-state index contributed by atoms with van der Waals surface area (Å²) < 4.78 is 5.41. The molecule has 0 heterocycles. The molecule has 0 spiro atoms. The van der Waals surface area contributed by atoms with E-state index in [9.17, 15) is 9.59 Å². The van der Waals surface area contributed by atoms with E-state index < -0.39 is 5.60 Å². The summed E-state index contributed by atoms with van der Waals surface area (Å²) in [5.41, 5.74) is -0.388. The average molecular weight is 297 g/mol. The summed E-state index contributed by atoms with van der Waals surface area (Å²) in [6, 6.07) is 0.109. The predicted molar refractivity (Wildman–Crippen MR) is 83.9 cm³/mol. The van der Waals surface area contributed by atoms with Crippen molar-refractivity contribution in [3.05, 3.63) is 0 Å². The zero-order chi connectivity index (χ0) is 16.1. The standard InChI is InChI=1S/C17H31NO3/c1-13(18-14(2)19)17(10-7-6-8-11-17)12-9-15(20)21-16(3,4)5/h13H,6-12H2,1-5H3,(H,18,19)/t13-/m1/s1. The van der Waals surface area contributed by atoms with E-state index in [4.69, 9.17) is 4.74 Å². The molecule has 1 fully saturated rings. The highest BCUT2D eigenvalue weighted by Crippen LogP contribution is 2.43. The van der Waals surface area contributed by atoms with Gasteiger partial charge >= 0.3 is 5.97 Å². The fourth-order valence-electron chi connectivity index (χ4n) is 3.36. The number of amides is 1. The van der Waals surface area contributed by atoms with Gasteiger partial charge in [-0.2, -0.15) is 0 Å². The quantitative estimate of drug-likeness (QED) is 0.789. The third-order valence-corrected chi connectivity index (χ3v) is 4.43. The topological polar surface area (TPSA) is 55.4 Å². The van der Waals surface area contributed by atoms with Crippen molar-refractivity contribution < 1.29 is 14.3 Å². The lowest BCUT2D eigenvalue weighted by Crippen LogP contribution is -2.46. The second-order valence-corrected chi connectivity index (χ2v) is 7.43. The molecule has 1 aliphatic rings. The zero-order valence-electron chi connectivity index (χ0n) is 14.3. The lowest BCUT2D eigenvalue weighted by Gasteiger charge is -2.42. The van der Waals surface area contributed by atoms with Crippen LogP contribution < -0.4 is 5.32 Å². The molecule has 1 N–H and O–H groups in total. The van der Waals surface area contributed by atoms with Gasteiger partial charge in [-0.25, -0.2) is 0 Å². The van der Waals surface area contributed by atoms with Gasteiger partial charge in [-0.05, 0) is 52.4 Å². The summed E-state index contributed by atoms with van der Waals surface area (Å²) in [5.74, 6) is -0.132. The lowest BCUT2D eigenvalue weighted by molar-refractivity contribution is -0.155. The van der Waals surface area contributed by atoms with Crippen LogP contribution in [0.5, 0.6) is 0 Å². The molecule has 1 aliphatic carbocycles. The van der Waals surface area contributed by atoms with E-state index >= 15 is 0 Å². The third-order valence-electron chi connectivity index (χ3n) is 4.43. The Balaban J connectivity index is 2.65. The van der Waals surface area contributed by atoms with Gasteiger partial charge in [0.1, 0.15) is 5.60 Å². The summed E-state index contributed by atoms with van der Waals surface area (Å²) in [4.78, 5) is 23.3. The minimum absolute atomic E-state index is 0.00437. The summed E-state index contributed by atoms with van der Waals surface area (Å²) in [7, 11) is 0. The molecule has 1 saturated carbocycles. The maximum Gasteiger partial charge on any atom is 0.306 e. The lowest BCUT2D eigenvalue weighted by atomic mass is 9.67. The van der Waals surface area contributed by atoms with Gasteiger partial charge in [0, 0.05) is 19.4 Å². The van der Waals surface area contributed by atoms with E-state index in [1.165, 1.54) is 19.3 Å². The Kier molecular flexibility index (Phi) is 6.24. The van der Waals surface area contributed by atoms with Gasteiger partial charge in [0.05, 0.1) is 0 Å². The van der Waals surface area contributed by atoms with Crippen LogP contribution in [0.3, 0.4) is 0 Å². The Morgan fingerprint density at radius 2 is 1.76 bits per heavy atom. The molecule has 1 amide bonds. The van der Waals surface area contributed by atoms with Gasteiger partial charge in [-0.3, -0.25) is 9.59 Å². The van der Waals surface area contributed by atoms with Crippen molar-refractivity contribution in [2.45, 2.75) is 91.2 Å². The SMILES string of the molecule is CC(=O)N[C@H](C)C1(CCC(=O)OC(C)(C)C)CCCCC1. The van der Waals surface area contributed by atoms with E-state index in [-0.39, 0.29) is 23.3 Å². The van der Waals surface area contributed by atoms with Crippen molar-refractivity contribution in [3.8, 4) is 0 Å². The van der Waals surface area contributed by atoms with E-state index in [0.717, 1.165) is 19.3 Å². The number of hydrogen-bond donors (Lipinski definition) is 1. The summed E-state index contributed by atoms with van der Waals surface area (Å²) in [5, 5.41) is 3.03. The average Bonchev–Trinajstić information content (AvgIpc) is 2.34.